The van der Waals surface area contributed by atoms with Gasteiger partial charge in [0.1, 0.15) is 10.6 Å². The van der Waals surface area contributed by atoms with E-state index in [1.54, 1.807) is 23.0 Å². The molecule has 28 heavy (non-hydrogen) atoms. The highest BCUT2D eigenvalue weighted by molar-refractivity contribution is 7.89. The van der Waals surface area contributed by atoms with E-state index in [2.05, 4.69) is 5.10 Å². The molecule has 1 atom stereocenters. The van der Waals surface area contributed by atoms with Gasteiger partial charge >= 0.3 is 0 Å². The zero-order valence-corrected chi connectivity index (χ0v) is 18.3. The van der Waals surface area contributed by atoms with E-state index in [9.17, 15) is 8.42 Å². The Bertz CT molecular complexity index is 917. The Hall–Kier alpha value is -1.86. The van der Waals surface area contributed by atoms with Crippen LogP contribution in [0.4, 0.5) is 0 Å². The molecule has 6 nitrogen and oxygen atoms in total. The highest BCUT2D eigenvalue weighted by Gasteiger charge is 2.34. The summed E-state index contributed by atoms with van der Waals surface area (Å²) >= 11 is 0. The summed E-state index contributed by atoms with van der Waals surface area (Å²) in [5.41, 5.74) is 2.46. The number of hydrogen-bond acceptors (Lipinski definition) is 4. The van der Waals surface area contributed by atoms with Crippen molar-refractivity contribution in [3.05, 3.63) is 41.2 Å². The molecule has 0 saturated carbocycles. The molecule has 0 amide bonds. The Morgan fingerprint density at radius 2 is 1.82 bits per heavy atom. The maximum Gasteiger partial charge on any atom is 0.246 e. The quantitative estimate of drug-likeness (QED) is 0.753. The number of hydrogen-bond donors (Lipinski definition) is 0. The van der Waals surface area contributed by atoms with E-state index in [0.717, 1.165) is 36.3 Å². The molecular weight excluding hydrogens is 374 g/mol. The van der Waals surface area contributed by atoms with Gasteiger partial charge in [-0.3, -0.25) is 4.68 Å². The lowest BCUT2D eigenvalue weighted by Crippen LogP contribution is -2.34. The lowest BCUT2D eigenvalue weighted by molar-refractivity contribution is 0.403. The number of aromatic nitrogens is 2. The van der Waals surface area contributed by atoms with Crippen molar-refractivity contribution in [2.45, 2.75) is 63.8 Å². The van der Waals surface area contributed by atoms with Crippen molar-refractivity contribution in [3.63, 3.8) is 0 Å². The van der Waals surface area contributed by atoms with Crippen LogP contribution in [0.5, 0.6) is 5.75 Å². The fraction of sp³-hybridized carbons (Fsp3) is 0.571. The highest BCUT2D eigenvalue weighted by Crippen LogP contribution is 2.32. The van der Waals surface area contributed by atoms with E-state index in [1.807, 2.05) is 45.0 Å². The van der Waals surface area contributed by atoms with E-state index >= 15 is 0 Å². The number of methoxy groups -OCH3 is 1. The van der Waals surface area contributed by atoms with E-state index in [0.29, 0.717) is 23.7 Å². The largest absolute Gasteiger partial charge is 0.497 e. The average molecular weight is 406 g/mol. The molecule has 3 rings (SSSR count). The first-order valence-electron chi connectivity index (χ1n) is 9.95. The van der Waals surface area contributed by atoms with Crippen LogP contribution in [-0.2, 0) is 10.0 Å². The number of ether oxygens (including phenoxy) is 1. The summed E-state index contributed by atoms with van der Waals surface area (Å²) in [4.78, 5) is 0.372. The fourth-order valence-electron chi connectivity index (χ4n) is 4.13. The Labute approximate surface area is 168 Å². The van der Waals surface area contributed by atoms with Crippen molar-refractivity contribution in [1.82, 2.24) is 14.1 Å². The first kappa shape index (κ1) is 20.9. The second-order valence-corrected chi connectivity index (χ2v) is 9.74. The molecule has 0 spiro atoms. The number of nitrogens with zero attached hydrogens (tertiary/aromatic N) is 3. The first-order valence-corrected chi connectivity index (χ1v) is 11.4. The molecular formula is C21H31N3O3S. The van der Waals surface area contributed by atoms with E-state index in [-0.39, 0.29) is 12.0 Å². The standard InChI is InChI=1S/C21H31N3O3S/c1-15(2)24-17(4)21(16(3)22-24)28(25,26)23-13-7-6-8-19(14-23)18-9-11-20(27-5)12-10-18/h9-12,15,19H,6-8,13-14H2,1-5H3. The van der Waals surface area contributed by atoms with Crippen LogP contribution in [0.3, 0.4) is 0 Å². The van der Waals surface area contributed by atoms with Crippen molar-refractivity contribution in [2.75, 3.05) is 20.2 Å². The Morgan fingerprint density at radius 1 is 1.14 bits per heavy atom. The van der Waals surface area contributed by atoms with Crippen LogP contribution in [0.2, 0.25) is 0 Å². The van der Waals surface area contributed by atoms with Gasteiger partial charge in [0.2, 0.25) is 10.0 Å². The van der Waals surface area contributed by atoms with Crippen LogP contribution in [0.15, 0.2) is 29.2 Å². The molecule has 0 aliphatic carbocycles. The van der Waals surface area contributed by atoms with Crippen molar-refractivity contribution in [3.8, 4) is 5.75 Å². The molecule has 0 N–H and O–H groups in total. The number of benzene rings is 1. The van der Waals surface area contributed by atoms with Crippen LogP contribution in [0.1, 0.15) is 62.0 Å². The lowest BCUT2D eigenvalue weighted by atomic mass is 9.94. The molecule has 1 fully saturated rings. The summed E-state index contributed by atoms with van der Waals surface area (Å²) in [7, 11) is -1.94. The zero-order valence-electron chi connectivity index (χ0n) is 17.5. The van der Waals surface area contributed by atoms with Crippen molar-refractivity contribution < 1.29 is 13.2 Å². The molecule has 1 aromatic heterocycles. The summed E-state index contributed by atoms with van der Waals surface area (Å²) in [5.74, 6) is 0.998. The topological polar surface area (TPSA) is 64.4 Å². The SMILES string of the molecule is COc1ccc(C2CCCCN(S(=O)(=O)c3c(C)nn(C(C)C)c3C)C2)cc1. The molecule has 0 radical (unpaired) electrons. The average Bonchev–Trinajstić information content (AvgIpc) is 2.84. The number of aryl methyl sites for hydroxylation is 1. The molecule has 1 aromatic carbocycles. The van der Waals surface area contributed by atoms with Gasteiger partial charge in [-0.1, -0.05) is 18.6 Å². The third-order valence-corrected chi connectivity index (χ3v) is 7.69. The van der Waals surface area contributed by atoms with E-state index in [4.69, 9.17) is 4.74 Å². The maximum atomic E-state index is 13.5. The normalized spacial score (nSPS) is 19.0. The number of rotatable bonds is 5. The van der Waals surface area contributed by atoms with Crippen molar-refractivity contribution in [1.29, 1.82) is 0 Å². The van der Waals surface area contributed by atoms with Gasteiger partial charge in [0.15, 0.2) is 0 Å². The van der Waals surface area contributed by atoms with Gasteiger partial charge in [0, 0.05) is 19.1 Å². The summed E-state index contributed by atoms with van der Waals surface area (Å²) < 4.78 is 35.8. The van der Waals surface area contributed by atoms with Crippen LogP contribution in [0.25, 0.3) is 0 Å². The molecule has 7 heteroatoms. The summed E-state index contributed by atoms with van der Waals surface area (Å²) in [6, 6.07) is 8.11. The van der Waals surface area contributed by atoms with Gasteiger partial charge in [0.25, 0.3) is 0 Å². The Morgan fingerprint density at radius 3 is 2.39 bits per heavy atom. The smallest absolute Gasteiger partial charge is 0.246 e. The summed E-state index contributed by atoms with van der Waals surface area (Å²) in [5, 5.41) is 4.49. The molecule has 0 bridgehead atoms. The third kappa shape index (κ3) is 3.96. The summed E-state index contributed by atoms with van der Waals surface area (Å²) in [6.07, 6.45) is 2.88. The molecule has 1 aliphatic rings. The molecule has 2 heterocycles. The first-order chi connectivity index (χ1) is 13.3. The predicted molar refractivity (Wildman–Crippen MR) is 110 cm³/mol. The maximum absolute atomic E-state index is 13.5. The van der Waals surface area contributed by atoms with Crippen LogP contribution < -0.4 is 4.74 Å². The van der Waals surface area contributed by atoms with Crippen LogP contribution in [-0.4, -0.2) is 42.7 Å². The highest BCUT2D eigenvalue weighted by atomic mass is 32.2. The van der Waals surface area contributed by atoms with Gasteiger partial charge in [-0.25, -0.2) is 8.42 Å². The molecule has 2 aromatic rings. The van der Waals surface area contributed by atoms with Crippen LogP contribution in [0, 0.1) is 13.8 Å². The van der Waals surface area contributed by atoms with Gasteiger partial charge in [-0.15, -0.1) is 0 Å². The van der Waals surface area contributed by atoms with Crippen molar-refractivity contribution >= 4 is 10.0 Å². The second-order valence-electron chi connectivity index (χ2n) is 7.87. The predicted octanol–water partition coefficient (Wildman–Crippen LogP) is 4.05. The third-order valence-electron chi connectivity index (χ3n) is 5.57. The second kappa shape index (κ2) is 8.25. The molecule has 1 unspecified atom stereocenters. The zero-order chi connectivity index (χ0) is 20.5. The molecule has 1 saturated heterocycles. The van der Waals surface area contributed by atoms with Crippen LogP contribution >= 0.6 is 0 Å². The van der Waals surface area contributed by atoms with E-state index in [1.165, 1.54) is 0 Å². The number of sulfonamides is 1. The lowest BCUT2D eigenvalue weighted by Gasteiger charge is -2.24. The van der Waals surface area contributed by atoms with Gasteiger partial charge < -0.3 is 4.74 Å². The minimum Gasteiger partial charge on any atom is -0.497 e. The Kier molecular flexibility index (Phi) is 6.15. The van der Waals surface area contributed by atoms with Gasteiger partial charge in [-0.05, 0) is 64.2 Å². The fourth-order valence-corrected chi connectivity index (χ4v) is 6.01. The minimum atomic E-state index is -3.59. The molecule has 154 valence electrons. The van der Waals surface area contributed by atoms with Gasteiger partial charge in [-0.2, -0.15) is 9.40 Å². The van der Waals surface area contributed by atoms with Gasteiger partial charge in [0.05, 0.1) is 18.5 Å². The molecule has 1 aliphatic heterocycles. The monoisotopic (exact) mass is 405 g/mol. The minimum absolute atomic E-state index is 0.124. The van der Waals surface area contributed by atoms with E-state index < -0.39 is 10.0 Å². The van der Waals surface area contributed by atoms with Crippen molar-refractivity contribution in [2.24, 2.45) is 0 Å². The Balaban J connectivity index is 1.92. The summed E-state index contributed by atoms with van der Waals surface area (Å²) in [6.45, 7) is 8.73.